The lowest BCUT2D eigenvalue weighted by Gasteiger charge is -1.95. The third-order valence-electron chi connectivity index (χ3n) is 2.22. The average molecular weight is 187 g/mol. The zero-order valence-electron chi connectivity index (χ0n) is 7.11. The number of ether oxygens (including phenoxy) is 2. The summed E-state index contributed by atoms with van der Waals surface area (Å²) < 4.78 is 15.6. The molecule has 4 heteroatoms. The van der Waals surface area contributed by atoms with Gasteiger partial charge < -0.3 is 13.9 Å². The first-order valence-corrected chi connectivity index (χ1v) is 4.10. The number of nitrogens with zero attached hydrogens (tertiary/aromatic N) is 1. The van der Waals surface area contributed by atoms with Crippen LogP contribution in [0.15, 0.2) is 22.8 Å². The number of benzene rings is 1. The van der Waals surface area contributed by atoms with Crippen LogP contribution in [-0.4, -0.2) is 6.79 Å². The fraction of sp³-hybridized carbons (Fsp3) is 0.100. The van der Waals surface area contributed by atoms with Crippen LogP contribution >= 0.6 is 0 Å². The maximum Gasteiger partial charge on any atom is 0.231 e. The topological polar surface area (TPSA) is 55.4 Å². The van der Waals surface area contributed by atoms with Gasteiger partial charge in [-0.2, -0.15) is 5.26 Å². The van der Waals surface area contributed by atoms with Crippen LogP contribution in [0.3, 0.4) is 0 Å². The Hall–Kier alpha value is -2.15. The van der Waals surface area contributed by atoms with Gasteiger partial charge in [0.2, 0.25) is 12.6 Å². The van der Waals surface area contributed by atoms with Crippen molar-refractivity contribution in [3.63, 3.8) is 0 Å². The number of hydrogen-bond donors (Lipinski definition) is 0. The van der Waals surface area contributed by atoms with Gasteiger partial charge in [0.1, 0.15) is 12.3 Å². The molecule has 2 heterocycles. The van der Waals surface area contributed by atoms with Crippen LogP contribution in [0, 0.1) is 11.3 Å². The molecule has 68 valence electrons. The lowest BCUT2D eigenvalue weighted by molar-refractivity contribution is 0.175. The van der Waals surface area contributed by atoms with Crippen LogP contribution in [0.25, 0.3) is 10.8 Å². The Morgan fingerprint density at radius 3 is 3.00 bits per heavy atom. The molecule has 0 bridgehead atoms. The van der Waals surface area contributed by atoms with Gasteiger partial charge >= 0.3 is 0 Å². The molecule has 1 aliphatic heterocycles. The molecule has 0 saturated carbocycles. The highest BCUT2D eigenvalue weighted by Gasteiger charge is 2.19. The molecule has 1 aliphatic rings. The maximum absolute atomic E-state index is 8.76. The largest absolute Gasteiger partial charge is 0.454 e. The predicted molar refractivity (Wildman–Crippen MR) is 47.1 cm³/mol. The van der Waals surface area contributed by atoms with Crippen LogP contribution in [0.1, 0.15) is 5.76 Å². The van der Waals surface area contributed by atoms with Gasteiger partial charge in [-0.05, 0) is 12.1 Å². The molecular weight excluding hydrogens is 182 g/mol. The van der Waals surface area contributed by atoms with Crippen molar-refractivity contribution in [2.24, 2.45) is 0 Å². The molecule has 14 heavy (non-hydrogen) atoms. The summed E-state index contributed by atoms with van der Waals surface area (Å²) in [5.41, 5.74) is 0. The van der Waals surface area contributed by atoms with Gasteiger partial charge in [-0.15, -0.1) is 0 Å². The fourth-order valence-electron chi connectivity index (χ4n) is 1.58. The average Bonchev–Trinajstić information content (AvgIpc) is 2.82. The van der Waals surface area contributed by atoms with Crippen molar-refractivity contribution in [1.82, 2.24) is 0 Å². The van der Waals surface area contributed by atoms with E-state index >= 15 is 0 Å². The molecule has 0 N–H and O–H groups in total. The highest BCUT2D eigenvalue weighted by atomic mass is 16.7. The quantitative estimate of drug-likeness (QED) is 0.633. The molecule has 0 unspecified atom stereocenters. The zero-order valence-corrected chi connectivity index (χ0v) is 7.11. The standard InChI is InChI=1S/C10H5NO3/c11-3-9-6-1-2-8-10(14-5-13-8)7(6)4-12-9/h1-2,4H,5H2. The second-order valence-corrected chi connectivity index (χ2v) is 2.94. The summed E-state index contributed by atoms with van der Waals surface area (Å²) in [5.74, 6) is 1.66. The molecular formula is C10H5NO3. The molecule has 0 aliphatic carbocycles. The van der Waals surface area contributed by atoms with E-state index in [-0.39, 0.29) is 6.79 Å². The van der Waals surface area contributed by atoms with Crippen molar-refractivity contribution >= 4 is 10.8 Å². The minimum Gasteiger partial charge on any atom is -0.454 e. The number of hydrogen-bond acceptors (Lipinski definition) is 4. The second-order valence-electron chi connectivity index (χ2n) is 2.94. The molecule has 2 aromatic rings. The SMILES string of the molecule is N#Cc1occ2c3c(ccc12)OCO3. The number of rotatable bonds is 0. The van der Waals surface area contributed by atoms with Gasteiger partial charge in [0, 0.05) is 5.39 Å². The summed E-state index contributed by atoms with van der Waals surface area (Å²) in [5, 5.41) is 10.3. The molecule has 0 radical (unpaired) electrons. The van der Waals surface area contributed by atoms with E-state index in [1.54, 1.807) is 12.1 Å². The number of nitriles is 1. The Kier molecular flexibility index (Phi) is 1.26. The molecule has 1 aromatic heterocycles. The van der Waals surface area contributed by atoms with Gasteiger partial charge in [0.15, 0.2) is 11.5 Å². The first-order chi connectivity index (χ1) is 6.90. The van der Waals surface area contributed by atoms with Crippen molar-refractivity contribution in [2.45, 2.75) is 0 Å². The van der Waals surface area contributed by atoms with E-state index in [9.17, 15) is 0 Å². The smallest absolute Gasteiger partial charge is 0.231 e. The zero-order chi connectivity index (χ0) is 9.54. The van der Waals surface area contributed by atoms with E-state index in [1.807, 2.05) is 6.07 Å². The molecule has 0 fully saturated rings. The van der Waals surface area contributed by atoms with Gasteiger partial charge in [0.05, 0.1) is 5.39 Å². The van der Waals surface area contributed by atoms with Crippen molar-refractivity contribution in [3.8, 4) is 17.6 Å². The normalized spacial score (nSPS) is 13.1. The summed E-state index contributed by atoms with van der Waals surface area (Å²) in [6.07, 6.45) is 1.52. The van der Waals surface area contributed by atoms with Crippen LogP contribution in [0.5, 0.6) is 11.5 Å². The Morgan fingerprint density at radius 2 is 2.14 bits per heavy atom. The van der Waals surface area contributed by atoms with Crippen LogP contribution in [-0.2, 0) is 0 Å². The Bertz CT molecular complexity index is 550. The summed E-state index contributed by atoms with van der Waals surface area (Å²) >= 11 is 0. The minimum atomic E-state index is 0.224. The highest BCUT2D eigenvalue weighted by Crippen LogP contribution is 2.40. The Morgan fingerprint density at radius 1 is 1.21 bits per heavy atom. The minimum absolute atomic E-state index is 0.224. The van der Waals surface area contributed by atoms with Gasteiger partial charge in [-0.25, -0.2) is 0 Å². The first-order valence-electron chi connectivity index (χ1n) is 4.10. The highest BCUT2D eigenvalue weighted by molar-refractivity contribution is 5.93. The molecule has 1 aromatic carbocycles. The lowest BCUT2D eigenvalue weighted by Crippen LogP contribution is -1.93. The molecule has 0 spiro atoms. The molecule has 0 amide bonds. The summed E-state index contributed by atoms with van der Waals surface area (Å²) in [7, 11) is 0. The summed E-state index contributed by atoms with van der Waals surface area (Å²) in [4.78, 5) is 0. The van der Waals surface area contributed by atoms with E-state index in [2.05, 4.69) is 0 Å². The molecule has 0 atom stereocenters. The number of fused-ring (bicyclic) bond motifs is 3. The summed E-state index contributed by atoms with van der Waals surface area (Å²) in [6, 6.07) is 5.55. The maximum atomic E-state index is 8.76. The van der Waals surface area contributed by atoms with Gasteiger partial charge in [-0.3, -0.25) is 0 Å². The van der Waals surface area contributed by atoms with E-state index in [4.69, 9.17) is 19.2 Å². The Labute approximate surface area is 79.3 Å². The third-order valence-corrected chi connectivity index (χ3v) is 2.22. The van der Waals surface area contributed by atoms with E-state index in [0.29, 0.717) is 17.3 Å². The molecule has 4 nitrogen and oxygen atoms in total. The van der Waals surface area contributed by atoms with Gasteiger partial charge in [-0.1, -0.05) is 0 Å². The van der Waals surface area contributed by atoms with Crippen molar-refractivity contribution in [1.29, 1.82) is 5.26 Å². The molecule has 0 saturated heterocycles. The Balaban J connectivity index is 2.41. The third kappa shape index (κ3) is 0.761. The van der Waals surface area contributed by atoms with Crippen molar-refractivity contribution in [3.05, 3.63) is 24.2 Å². The first kappa shape index (κ1) is 7.27. The summed E-state index contributed by atoms with van der Waals surface area (Å²) in [6.45, 7) is 0.224. The van der Waals surface area contributed by atoms with E-state index in [1.165, 1.54) is 6.26 Å². The van der Waals surface area contributed by atoms with Crippen LogP contribution in [0.4, 0.5) is 0 Å². The monoisotopic (exact) mass is 187 g/mol. The number of furan rings is 1. The van der Waals surface area contributed by atoms with Crippen LogP contribution < -0.4 is 9.47 Å². The second kappa shape index (κ2) is 2.42. The van der Waals surface area contributed by atoms with E-state index in [0.717, 1.165) is 10.8 Å². The van der Waals surface area contributed by atoms with E-state index < -0.39 is 0 Å². The lowest BCUT2D eigenvalue weighted by atomic mass is 10.1. The van der Waals surface area contributed by atoms with Crippen molar-refractivity contribution < 1.29 is 13.9 Å². The van der Waals surface area contributed by atoms with Crippen LogP contribution in [0.2, 0.25) is 0 Å². The van der Waals surface area contributed by atoms with Gasteiger partial charge in [0.25, 0.3) is 0 Å². The fourth-order valence-corrected chi connectivity index (χ4v) is 1.58. The molecule has 3 rings (SSSR count). The van der Waals surface area contributed by atoms with Crippen molar-refractivity contribution in [2.75, 3.05) is 6.79 Å². The predicted octanol–water partition coefficient (Wildman–Crippen LogP) is 2.03.